The van der Waals surface area contributed by atoms with Gasteiger partial charge in [0.15, 0.2) is 11.5 Å². The molecule has 0 saturated heterocycles. The average Bonchev–Trinajstić information content (AvgIpc) is 2.67. The summed E-state index contributed by atoms with van der Waals surface area (Å²) in [6.07, 6.45) is 3.17. The number of aliphatic carboxylic acids is 1. The molecule has 2 aromatic rings. The molecule has 1 aromatic heterocycles. The Labute approximate surface area is 155 Å². The van der Waals surface area contributed by atoms with E-state index in [0.717, 1.165) is 16.8 Å². The van der Waals surface area contributed by atoms with Gasteiger partial charge in [-0.1, -0.05) is 24.3 Å². The van der Waals surface area contributed by atoms with Crippen molar-refractivity contribution in [2.75, 3.05) is 6.54 Å². The van der Waals surface area contributed by atoms with Gasteiger partial charge in [-0.25, -0.2) is 0 Å². The third kappa shape index (κ3) is 3.64. The van der Waals surface area contributed by atoms with Gasteiger partial charge in [-0.05, 0) is 24.6 Å². The van der Waals surface area contributed by atoms with E-state index >= 15 is 0 Å². The molecule has 1 amide bonds. The summed E-state index contributed by atoms with van der Waals surface area (Å²) >= 11 is 0. The number of carboxylic acids is 1. The number of carbonyl (C=O) groups is 2. The number of carbonyl (C=O) groups excluding carboxylic acids is 1. The number of nitrogens with zero attached hydrogens (tertiary/aromatic N) is 3. The number of aliphatic hydroxyl groups excluding tert-OH is 1. The second kappa shape index (κ2) is 7.69. The molecule has 0 unspecified atom stereocenters. The molecule has 0 aliphatic carbocycles. The SMILES string of the molecule is C/C=N\N1Cc2c(cccc2-c2ccccn2)C(O)=C1C(=O)NCC(=O)O. The van der Waals surface area contributed by atoms with Crippen LogP contribution in [0, 0.1) is 0 Å². The van der Waals surface area contributed by atoms with E-state index in [2.05, 4.69) is 15.4 Å². The molecule has 1 aliphatic heterocycles. The quantitative estimate of drug-likeness (QED) is 0.697. The van der Waals surface area contributed by atoms with Gasteiger partial charge >= 0.3 is 5.97 Å². The number of pyridine rings is 1. The van der Waals surface area contributed by atoms with Crippen molar-refractivity contribution < 1.29 is 19.8 Å². The van der Waals surface area contributed by atoms with E-state index in [4.69, 9.17) is 5.11 Å². The summed E-state index contributed by atoms with van der Waals surface area (Å²) < 4.78 is 0. The van der Waals surface area contributed by atoms with Crippen LogP contribution in [0.3, 0.4) is 0 Å². The highest BCUT2D eigenvalue weighted by Crippen LogP contribution is 2.35. The predicted octanol–water partition coefficient (Wildman–Crippen LogP) is 2.00. The third-order valence-corrected chi connectivity index (χ3v) is 4.03. The maximum Gasteiger partial charge on any atom is 0.322 e. The smallest absolute Gasteiger partial charge is 0.322 e. The normalized spacial score (nSPS) is 13.6. The molecule has 0 saturated carbocycles. The highest BCUT2D eigenvalue weighted by molar-refractivity contribution is 6.01. The van der Waals surface area contributed by atoms with Crippen LogP contribution in [0.15, 0.2) is 53.4 Å². The van der Waals surface area contributed by atoms with Gasteiger partial charge in [-0.3, -0.25) is 19.6 Å². The monoisotopic (exact) mass is 366 g/mol. The van der Waals surface area contributed by atoms with Crippen LogP contribution in [0.25, 0.3) is 17.0 Å². The molecule has 3 rings (SSSR count). The number of aliphatic hydroxyl groups is 1. The Balaban J connectivity index is 2.11. The zero-order valence-electron chi connectivity index (χ0n) is 14.6. The fraction of sp³-hybridized carbons (Fsp3) is 0.158. The van der Waals surface area contributed by atoms with Crippen LogP contribution in [0.4, 0.5) is 0 Å². The summed E-state index contributed by atoms with van der Waals surface area (Å²) in [5.74, 6) is -2.15. The molecular formula is C19H18N4O4. The molecular weight excluding hydrogens is 348 g/mol. The first-order chi connectivity index (χ1) is 13.0. The lowest BCUT2D eigenvalue weighted by atomic mass is 9.93. The standard InChI is InChI=1S/C19H18N4O4/c1-2-22-23-11-14-12(15-8-3-4-9-20-15)6-5-7-13(14)18(26)17(23)19(27)21-10-16(24)25/h2-9,26H,10-11H2,1H3,(H,21,27)(H,24,25)/b22-2-. The molecule has 0 bridgehead atoms. The molecule has 3 N–H and O–H groups in total. The topological polar surface area (TPSA) is 115 Å². The summed E-state index contributed by atoms with van der Waals surface area (Å²) in [7, 11) is 0. The number of hydrogen-bond donors (Lipinski definition) is 3. The molecule has 0 radical (unpaired) electrons. The van der Waals surface area contributed by atoms with Crippen LogP contribution >= 0.6 is 0 Å². The number of rotatable bonds is 5. The molecule has 1 aromatic carbocycles. The Kier molecular flexibility index (Phi) is 5.16. The van der Waals surface area contributed by atoms with E-state index in [1.807, 2.05) is 24.3 Å². The third-order valence-electron chi connectivity index (χ3n) is 4.03. The minimum Gasteiger partial charge on any atom is -0.505 e. The number of carboxylic acid groups (broad SMARTS) is 1. The summed E-state index contributed by atoms with van der Waals surface area (Å²) in [5, 5.41) is 27.3. The molecule has 0 fully saturated rings. The number of nitrogens with one attached hydrogen (secondary N) is 1. The zero-order valence-corrected chi connectivity index (χ0v) is 14.6. The molecule has 8 heteroatoms. The number of amides is 1. The van der Waals surface area contributed by atoms with Gasteiger partial charge in [-0.2, -0.15) is 5.10 Å². The maximum atomic E-state index is 12.4. The molecule has 2 heterocycles. The van der Waals surface area contributed by atoms with Crippen molar-refractivity contribution in [3.8, 4) is 11.3 Å². The molecule has 1 aliphatic rings. The minimum absolute atomic E-state index is 0.0972. The molecule has 138 valence electrons. The van der Waals surface area contributed by atoms with Crippen molar-refractivity contribution in [1.29, 1.82) is 0 Å². The Morgan fingerprint density at radius 2 is 2.04 bits per heavy atom. The Morgan fingerprint density at radius 3 is 2.70 bits per heavy atom. The molecule has 8 nitrogen and oxygen atoms in total. The van der Waals surface area contributed by atoms with Crippen molar-refractivity contribution in [2.45, 2.75) is 13.5 Å². The fourth-order valence-corrected chi connectivity index (χ4v) is 2.92. The number of aromatic nitrogens is 1. The van der Waals surface area contributed by atoms with Gasteiger partial charge in [0.25, 0.3) is 5.91 Å². The lowest BCUT2D eigenvalue weighted by Crippen LogP contribution is -2.38. The van der Waals surface area contributed by atoms with Gasteiger partial charge in [0.05, 0.1) is 12.2 Å². The number of fused-ring (bicyclic) bond motifs is 1. The van der Waals surface area contributed by atoms with Gasteiger partial charge in [0.1, 0.15) is 6.54 Å². The zero-order chi connectivity index (χ0) is 19.4. The van der Waals surface area contributed by atoms with Crippen LogP contribution in [0.5, 0.6) is 0 Å². The number of benzene rings is 1. The van der Waals surface area contributed by atoms with E-state index in [-0.39, 0.29) is 18.0 Å². The largest absolute Gasteiger partial charge is 0.505 e. The highest BCUT2D eigenvalue weighted by Gasteiger charge is 2.31. The van der Waals surface area contributed by atoms with Crippen molar-refractivity contribution in [1.82, 2.24) is 15.3 Å². The van der Waals surface area contributed by atoms with Crippen LogP contribution in [-0.4, -0.2) is 44.8 Å². The van der Waals surface area contributed by atoms with Crippen molar-refractivity contribution in [2.24, 2.45) is 5.10 Å². The predicted molar refractivity (Wildman–Crippen MR) is 99.6 cm³/mol. The Morgan fingerprint density at radius 1 is 1.26 bits per heavy atom. The first-order valence-corrected chi connectivity index (χ1v) is 8.26. The van der Waals surface area contributed by atoms with E-state index in [9.17, 15) is 14.7 Å². The molecule has 27 heavy (non-hydrogen) atoms. The molecule has 0 atom stereocenters. The van der Waals surface area contributed by atoms with Gasteiger partial charge in [0, 0.05) is 23.5 Å². The van der Waals surface area contributed by atoms with Crippen LogP contribution < -0.4 is 5.32 Å². The number of hydrogen-bond acceptors (Lipinski definition) is 6. The van der Waals surface area contributed by atoms with Crippen molar-refractivity contribution >= 4 is 23.9 Å². The van der Waals surface area contributed by atoms with Crippen molar-refractivity contribution in [3.05, 3.63) is 59.4 Å². The maximum absolute atomic E-state index is 12.4. The fourth-order valence-electron chi connectivity index (χ4n) is 2.92. The van der Waals surface area contributed by atoms with Crippen molar-refractivity contribution in [3.63, 3.8) is 0 Å². The minimum atomic E-state index is -1.18. The summed E-state index contributed by atoms with van der Waals surface area (Å²) in [5.41, 5.74) is 2.72. The lowest BCUT2D eigenvalue weighted by Gasteiger charge is -2.29. The van der Waals surface area contributed by atoms with E-state index in [1.165, 1.54) is 11.2 Å². The highest BCUT2D eigenvalue weighted by atomic mass is 16.4. The average molecular weight is 366 g/mol. The Bertz CT molecular complexity index is 938. The van der Waals surface area contributed by atoms with Crippen LogP contribution in [-0.2, 0) is 16.1 Å². The van der Waals surface area contributed by atoms with Gasteiger partial charge in [-0.15, -0.1) is 0 Å². The second-order valence-corrected chi connectivity index (χ2v) is 5.75. The summed E-state index contributed by atoms with van der Waals surface area (Å²) in [4.78, 5) is 27.5. The van der Waals surface area contributed by atoms with E-state index < -0.39 is 18.4 Å². The first-order valence-electron chi connectivity index (χ1n) is 8.26. The molecule has 0 spiro atoms. The summed E-state index contributed by atoms with van der Waals surface area (Å²) in [6.45, 7) is 1.36. The van der Waals surface area contributed by atoms with Gasteiger partial charge in [0.2, 0.25) is 0 Å². The summed E-state index contributed by atoms with van der Waals surface area (Å²) in [6, 6.07) is 10.9. The van der Waals surface area contributed by atoms with Gasteiger partial charge < -0.3 is 15.5 Å². The number of hydrazone groups is 1. The van der Waals surface area contributed by atoms with E-state index in [1.54, 1.807) is 25.3 Å². The lowest BCUT2D eigenvalue weighted by molar-refractivity contribution is -0.137. The van der Waals surface area contributed by atoms with E-state index in [0.29, 0.717) is 5.56 Å². The second-order valence-electron chi connectivity index (χ2n) is 5.75. The van der Waals surface area contributed by atoms with Crippen LogP contribution in [0.2, 0.25) is 0 Å². The van der Waals surface area contributed by atoms with Crippen LogP contribution in [0.1, 0.15) is 18.1 Å². The first kappa shape index (κ1) is 18.1. The Hall–Kier alpha value is -3.68.